The van der Waals surface area contributed by atoms with Crippen molar-refractivity contribution in [1.82, 2.24) is 9.66 Å². The summed E-state index contributed by atoms with van der Waals surface area (Å²) in [5.74, 6) is 7.31. The number of benzene rings is 1. The molecule has 2 aliphatic rings. The summed E-state index contributed by atoms with van der Waals surface area (Å²) in [5, 5.41) is 14.0. The molecule has 2 heterocycles. The zero-order valence-corrected chi connectivity index (χ0v) is 14.2. The van der Waals surface area contributed by atoms with E-state index >= 15 is 0 Å². The molecular formula is C19H20ClN3O. The minimum Gasteiger partial charge on any atom is -0.378 e. The van der Waals surface area contributed by atoms with E-state index in [4.69, 9.17) is 11.6 Å². The fourth-order valence-corrected chi connectivity index (χ4v) is 3.96. The Hall–Kier alpha value is -1.96. The van der Waals surface area contributed by atoms with Crippen molar-refractivity contribution in [2.24, 2.45) is 0 Å². The maximum atomic E-state index is 11.0. The van der Waals surface area contributed by atoms with Crippen molar-refractivity contribution in [2.75, 3.05) is 11.6 Å². The maximum absolute atomic E-state index is 11.0. The number of hydrogen-bond donors (Lipinski definition) is 1. The standard InChI is InChI=1S/C19H20ClN3O/c20-16-4-1-3-15(13-16)6-9-19(24)8-2-5-17(14-19)22-11-7-18-21-10-12-23(18)22/h1,3-4,10,12-13,17,24H,2,5,7-8,11,14H2/t17-,19+/m1/s1. The van der Waals surface area contributed by atoms with E-state index in [0.717, 1.165) is 43.6 Å². The highest BCUT2D eigenvalue weighted by Crippen LogP contribution is 2.32. The normalized spacial score (nSPS) is 25.9. The molecule has 24 heavy (non-hydrogen) atoms. The van der Waals surface area contributed by atoms with Gasteiger partial charge >= 0.3 is 0 Å². The van der Waals surface area contributed by atoms with Gasteiger partial charge in [0, 0.05) is 48.4 Å². The van der Waals surface area contributed by atoms with Gasteiger partial charge in [0.1, 0.15) is 11.4 Å². The third-order valence-corrected chi connectivity index (χ3v) is 5.16. The second-order valence-corrected chi connectivity index (χ2v) is 7.08. The van der Waals surface area contributed by atoms with Gasteiger partial charge < -0.3 is 10.1 Å². The monoisotopic (exact) mass is 341 g/mol. The van der Waals surface area contributed by atoms with Crippen LogP contribution in [-0.2, 0) is 6.42 Å². The van der Waals surface area contributed by atoms with Crippen molar-refractivity contribution in [3.8, 4) is 11.8 Å². The highest BCUT2D eigenvalue weighted by molar-refractivity contribution is 6.30. The summed E-state index contributed by atoms with van der Waals surface area (Å²) >= 11 is 6.00. The predicted octanol–water partition coefficient (Wildman–Crippen LogP) is 2.76. The summed E-state index contributed by atoms with van der Waals surface area (Å²) in [5.41, 5.74) is -0.0923. The Labute approximate surface area is 147 Å². The third-order valence-electron chi connectivity index (χ3n) is 4.92. The van der Waals surface area contributed by atoms with Crippen molar-refractivity contribution in [2.45, 2.75) is 43.7 Å². The number of fused-ring (bicyclic) bond motifs is 1. The third kappa shape index (κ3) is 3.02. The van der Waals surface area contributed by atoms with Crippen LogP contribution in [0.3, 0.4) is 0 Å². The number of aliphatic hydroxyl groups is 1. The van der Waals surface area contributed by atoms with Gasteiger partial charge in [-0.25, -0.2) is 9.66 Å². The number of imidazole rings is 1. The molecule has 0 spiro atoms. The smallest absolute Gasteiger partial charge is 0.129 e. The lowest BCUT2D eigenvalue weighted by Crippen LogP contribution is -2.48. The lowest BCUT2D eigenvalue weighted by Gasteiger charge is -2.39. The molecular weight excluding hydrogens is 322 g/mol. The van der Waals surface area contributed by atoms with Gasteiger partial charge in [0.2, 0.25) is 0 Å². The van der Waals surface area contributed by atoms with Crippen LogP contribution in [0.2, 0.25) is 5.02 Å². The Balaban J connectivity index is 1.52. The molecule has 1 aliphatic heterocycles. The Morgan fingerprint density at radius 1 is 1.38 bits per heavy atom. The van der Waals surface area contributed by atoms with Gasteiger partial charge in [0.05, 0.1) is 0 Å². The lowest BCUT2D eigenvalue weighted by atomic mass is 9.82. The van der Waals surface area contributed by atoms with Gasteiger partial charge in [0.15, 0.2) is 0 Å². The molecule has 2 aromatic rings. The Kier molecular flexibility index (Phi) is 3.99. The first-order valence-electron chi connectivity index (χ1n) is 8.43. The van der Waals surface area contributed by atoms with Crippen molar-refractivity contribution in [3.05, 3.63) is 53.1 Å². The largest absolute Gasteiger partial charge is 0.378 e. The number of halogens is 1. The Morgan fingerprint density at radius 2 is 2.29 bits per heavy atom. The molecule has 1 aromatic heterocycles. The van der Waals surface area contributed by atoms with Crippen molar-refractivity contribution >= 4 is 11.6 Å². The SMILES string of the molecule is O[C@]1(C#Cc2cccc(Cl)c2)CCC[C@@H](N2CCc3nccn32)C1. The van der Waals surface area contributed by atoms with E-state index in [2.05, 4.69) is 26.5 Å². The van der Waals surface area contributed by atoms with E-state index in [1.807, 2.05) is 36.7 Å². The number of rotatable bonds is 1. The van der Waals surface area contributed by atoms with E-state index in [1.165, 1.54) is 0 Å². The quantitative estimate of drug-likeness (QED) is 0.811. The summed E-state index contributed by atoms with van der Waals surface area (Å²) in [6, 6.07) is 7.75. The minimum absolute atomic E-state index is 0.299. The zero-order chi connectivity index (χ0) is 16.6. The molecule has 0 radical (unpaired) electrons. The summed E-state index contributed by atoms with van der Waals surface area (Å²) in [6.45, 7) is 0.964. The first kappa shape index (κ1) is 15.6. The van der Waals surface area contributed by atoms with Crippen LogP contribution in [0.5, 0.6) is 0 Å². The molecule has 1 saturated carbocycles. The van der Waals surface area contributed by atoms with Crippen LogP contribution in [0.1, 0.15) is 37.1 Å². The van der Waals surface area contributed by atoms with Crippen molar-refractivity contribution in [3.63, 3.8) is 0 Å². The van der Waals surface area contributed by atoms with Crippen molar-refractivity contribution in [1.29, 1.82) is 0 Å². The van der Waals surface area contributed by atoms with Gasteiger partial charge in [0.25, 0.3) is 0 Å². The molecule has 2 atom stereocenters. The average molecular weight is 342 g/mol. The van der Waals surface area contributed by atoms with Crippen LogP contribution in [-0.4, -0.2) is 33.0 Å². The van der Waals surface area contributed by atoms with E-state index < -0.39 is 5.60 Å². The highest BCUT2D eigenvalue weighted by Gasteiger charge is 2.37. The summed E-state index contributed by atoms with van der Waals surface area (Å²) in [4.78, 5) is 4.38. The molecule has 1 aliphatic carbocycles. The van der Waals surface area contributed by atoms with Crippen LogP contribution in [0.4, 0.5) is 0 Å². The second kappa shape index (κ2) is 6.16. The highest BCUT2D eigenvalue weighted by atomic mass is 35.5. The molecule has 5 heteroatoms. The minimum atomic E-state index is -0.936. The predicted molar refractivity (Wildman–Crippen MR) is 94.6 cm³/mol. The van der Waals surface area contributed by atoms with E-state index in [-0.39, 0.29) is 0 Å². The molecule has 1 aromatic carbocycles. The van der Waals surface area contributed by atoms with Gasteiger partial charge in [-0.2, -0.15) is 0 Å². The van der Waals surface area contributed by atoms with Gasteiger partial charge in [-0.15, -0.1) is 0 Å². The average Bonchev–Trinajstić information content (AvgIpc) is 3.16. The Bertz CT molecular complexity index is 806. The zero-order valence-electron chi connectivity index (χ0n) is 13.5. The van der Waals surface area contributed by atoms with Crippen LogP contribution < -0.4 is 5.01 Å². The van der Waals surface area contributed by atoms with Crippen molar-refractivity contribution < 1.29 is 5.11 Å². The first-order valence-corrected chi connectivity index (χ1v) is 8.81. The van der Waals surface area contributed by atoms with Crippen LogP contribution in [0, 0.1) is 11.8 Å². The topological polar surface area (TPSA) is 41.3 Å². The summed E-state index contributed by atoms with van der Waals surface area (Å²) in [7, 11) is 0. The molecule has 4 nitrogen and oxygen atoms in total. The van der Waals surface area contributed by atoms with Crippen LogP contribution >= 0.6 is 11.6 Å². The van der Waals surface area contributed by atoms with E-state index in [0.29, 0.717) is 17.5 Å². The molecule has 0 amide bonds. The molecule has 1 N–H and O–H groups in total. The molecule has 4 rings (SSSR count). The lowest BCUT2D eigenvalue weighted by molar-refractivity contribution is 0.0486. The molecule has 0 unspecified atom stereocenters. The Morgan fingerprint density at radius 3 is 3.17 bits per heavy atom. The first-order chi connectivity index (χ1) is 11.6. The fourth-order valence-electron chi connectivity index (χ4n) is 3.77. The maximum Gasteiger partial charge on any atom is 0.129 e. The number of aromatic nitrogens is 2. The van der Waals surface area contributed by atoms with Crippen LogP contribution in [0.15, 0.2) is 36.7 Å². The molecule has 0 bridgehead atoms. The second-order valence-electron chi connectivity index (χ2n) is 6.64. The van der Waals surface area contributed by atoms with E-state index in [1.54, 1.807) is 0 Å². The fraction of sp³-hybridized carbons (Fsp3) is 0.421. The number of nitrogens with zero attached hydrogens (tertiary/aromatic N) is 3. The van der Waals surface area contributed by atoms with Gasteiger partial charge in [-0.1, -0.05) is 29.5 Å². The van der Waals surface area contributed by atoms with Gasteiger partial charge in [-0.05, 0) is 37.5 Å². The summed E-state index contributed by atoms with van der Waals surface area (Å²) < 4.78 is 2.14. The van der Waals surface area contributed by atoms with Gasteiger partial charge in [-0.3, -0.25) is 0 Å². The molecule has 0 saturated heterocycles. The summed E-state index contributed by atoms with van der Waals surface area (Å²) in [6.07, 6.45) is 8.27. The molecule has 124 valence electrons. The molecule has 1 fully saturated rings. The number of hydrogen-bond acceptors (Lipinski definition) is 3. The van der Waals surface area contributed by atoms with E-state index in [9.17, 15) is 5.11 Å². The van der Waals surface area contributed by atoms with Crippen LogP contribution in [0.25, 0.3) is 0 Å².